The van der Waals surface area contributed by atoms with E-state index in [2.05, 4.69) is 0 Å². The lowest BCUT2D eigenvalue weighted by molar-refractivity contribution is -0.156. The number of carbonyl (C=O) groups is 2. The molecule has 0 saturated carbocycles. The van der Waals surface area contributed by atoms with Crippen molar-refractivity contribution in [3.05, 3.63) is 35.4 Å². The summed E-state index contributed by atoms with van der Waals surface area (Å²) in [5, 5.41) is 10.5. The summed E-state index contributed by atoms with van der Waals surface area (Å²) in [4.78, 5) is 22.2. The van der Waals surface area contributed by atoms with Crippen LogP contribution in [0, 0.1) is 0 Å². The first-order valence-corrected chi connectivity index (χ1v) is 6.29. The topological polar surface area (TPSA) is 75.6 Å². The third-order valence-corrected chi connectivity index (χ3v) is 2.48. The molecule has 1 atom stereocenters. The summed E-state index contributed by atoms with van der Waals surface area (Å²) >= 11 is 0. The van der Waals surface area contributed by atoms with E-state index in [9.17, 15) is 22.8 Å². The highest BCUT2D eigenvalue weighted by Gasteiger charge is 2.42. The number of carboxylic acids is 1. The van der Waals surface area contributed by atoms with Crippen molar-refractivity contribution in [1.82, 2.24) is 5.32 Å². The van der Waals surface area contributed by atoms with Crippen LogP contribution in [0.2, 0.25) is 0 Å². The zero-order valence-electron chi connectivity index (χ0n) is 12.2. The van der Waals surface area contributed by atoms with Gasteiger partial charge in [0.15, 0.2) is 6.04 Å². The van der Waals surface area contributed by atoms with Gasteiger partial charge in [-0.1, -0.05) is 12.1 Å². The number of amides is 1. The fourth-order valence-electron chi connectivity index (χ4n) is 1.60. The van der Waals surface area contributed by atoms with Crippen molar-refractivity contribution < 1.29 is 32.6 Å². The largest absolute Gasteiger partial charge is 0.478 e. The maximum atomic E-state index is 13.1. The second-order valence-corrected chi connectivity index (χ2v) is 5.55. The van der Waals surface area contributed by atoms with Crippen LogP contribution in [-0.4, -0.2) is 28.9 Å². The van der Waals surface area contributed by atoms with Gasteiger partial charge in [-0.2, -0.15) is 13.2 Å². The lowest BCUT2D eigenvalue weighted by atomic mass is 10.0. The Labute approximate surface area is 125 Å². The predicted molar refractivity (Wildman–Crippen MR) is 71.6 cm³/mol. The monoisotopic (exact) mass is 319 g/mol. The molecule has 0 radical (unpaired) electrons. The number of nitrogens with one attached hydrogen (secondary N) is 1. The van der Waals surface area contributed by atoms with E-state index in [1.165, 1.54) is 20.8 Å². The average molecular weight is 319 g/mol. The Morgan fingerprint density at radius 3 is 2.00 bits per heavy atom. The van der Waals surface area contributed by atoms with E-state index in [1.54, 1.807) is 5.32 Å². The van der Waals surface area contributed by atoms with Crippen LogP contribution in [0.25, 0.3) is 0 Å². The van der Waals surface area contributed by atoms with Crippen molar-refractivity contribution in [3.63, 3.8) is 0 Å². The Kier molecular flexibility index (Phi) is 5.05. The molecule has 1 unspecified atom stereocenters. The van der Waals surface area contributed by atoms with Crippen molar-refractivity contribution in [3.8, 4) is 0 Å². The fourth-order valence-corrected chi connectivity index (χ4v) is 1.60. The summed E-state index contributed by atoms with van der Waals surface area (Å²) in [5.74, 6) is -1.25. The van der Waals surface area contributed by atoms with E-state index in [-0.39, 0.29) is 11.1 Å². The molecule has 0 saturated heterocycles. The highest BCUT2D eigenvalue weighted by atomic mass is 19.4. The van der Waals surface area contributed by atoms with Crippen LogP contribution in [-0.2, 0) is 4.74 Å². The number of ether oxygens (including phenoxy) is 1. The highest BCUT2D eigenvalue weighted by molar-refractivity contribution is 5.87. The van der Waals surface area contributed by atoms with E-state index in [0.717, 1.165) is 24.3 Å². The number of halogens is 3. The Balaban J connectivity index is 2.99. The molecule has 1 aromatic rings. The molecular weight excluding hydrogens is 303 g/mol. The molecule has 8 heteroatoms. The highest BCUT2D eigenvalue weighted by Crippen LogP contribution is 2.33. The number of hydrogen-bond donors (Lipinski definition) is 2. The number of hydrogen-bond acceptors (Lipinski definition) is 3. The summed E-state index contributed by atoms with van der Waals surface area (Å²) < 4.78 is 44.0. The van der Waals surface area contributed by atoms with Gasteiger partial charge in [-0.25, -0.2) is 9.59 Å². The summed E-state index contributed by atoms with van der Waals surface area (Å²) in [6.45, 7) is 4.57. The Hall–Kier alpha value is -2.25. The molecule has 0 heterocycles. The lowest BCUT2D eigenvalue weighted by Gasteiger charge is -2.25. The third-order valence-electron chi connectivity index (χ3n) is 2.48. The number of alkyl carbamates (subject to hydrolysis) is 1. The quantitative estimate of drug-likeness (QED) is 0.894. The molecular formula is C14H16F3NO4. The first-order chi connectivity index (χ1) is 9.90. The van der Waals surface area contributed by atoms with Crippen molar-refractivity contribution in [2.75, 3.05) is 0 Å². The second kappa shape index (κ2) is 6.25. The molecule has 0 aliphatic rings. The smallest absolute Gasteiger partial charge is 0.412 e. The number of aromatic carboxylic acids is 1. The average Bonchev–Trinajstić information content (AvgIpc) is 2.32. The molecule has 0 fully saturated rings. The number of carbonyl (C=O) groups excluding carboxylic acids is 1. The summed E-state index contributed by atoms with van der Waals surface area (Å²) in [6, 6.07) is 1.78. The minimum Gasteiger partial charge on any atom is -0.478 e. The minimum absolute atomic E-state index is 0.151. The van der Waals surface area contributed by atoms with Gasteiger partial charge in [0.05, 0.1) is 5.56 Å². The van der Waals surface area contributed by atoms with Gasteiger partial charge in [-0.3, -0.25) is 0 Å². The summed E-state index contributed by atoms with van der Waals surface area (Å²) in [7, 11) is 0. The molecule has 1 rings (SSSR count). The summed E-state index contributed by atoms with van der Waals surface area (Å²) in [6.07, 6.45) is -5.96. The maximum absolute atomic E-state index is 13.1. The Morgan fingerprint density at radius 2 is 1.64 bits per heavy atom. The van der Waals surface area contributed by atoms with Crippen LogP contribution >= 0.6 is 0 Å². The standard InChI is InChI=1S/C14H16F3NO4/c1-13(2,3)22-12(21)18-10(14(15,16)17)8-4-6-9(7-5-8)11(19)20/h4-7,10H,1-3H3,(H,18,21)(H,19,20). The molecule has 0 aromatic heterocycles. The van der Waals surface area contributed by atoms with Crippen LogP contribution in [0.5, 0.6) is 0 Å². The Bertz CT molecular complexity index is 547. The zero-order chi connectivity index (χ0) is 17.1. The van der Waals surface area contributed by atoms with E-state index in [0.29, 0.717) is 0 Å². The van der Waals surface area contributed by atoms with Crippen LogP contribution in [0.1, 0.15) is 42.7 Å². The molecule has 2 N–H and O–H groups in total. The van der Waals surface area contributed by atoms with E-state index < -0.39 is 29.9 Å². The number of alkyl halides is 3. The van der Waals surface area contributed by atoms with Gasteiger partial charge in [0, 0.05) is 0 Å². The third kappa shape index (κ3) is 5.27. The van der Waals surface area contributed by atoms with Gasteiger partial charge < -0.3 is 15.2 Å². The molecule has 122 valence electrons. The van der Waals surface area contributed by atoms with Crippen molar-refractivity contribution in [1.29, 1.82) is 0 Å². The molecule has 1 aromatic carbocycles. The van der Waals surface area contributed by atoms with Gasteiger partial charge >= 0.3 is 18.2 Å². The molecule has 0 aliphatic carbocycles. The Morgan fingerprint density at radius 1 is 1.14 bits per heavy atom. The van der Waals surface area contributed by atoms with Crippen molar-refractivity contribution in [2.45, 2.75) is 38.6 Å². The van der Waals surface area contributed by atoms with Gasteiger partial charge in [0.2, 0.25) is 0 Å². The van der Waals surface area contributed by atoms with Crippen LogP contribution in [0.15, 0.2) is 24.3 Å². The molecule has 0 bridgehead atoms. The summed E-state index contributed by atoms with van der Waals surface area (Å²) in [5.41, 5.74) is -1.38. The van der Waals surface area contributed by atoms with Crippen molar-refractivity contribution >= 4 is 12.1 Å². The van der Waals surface area contributed by atoms with Crippen LogP contribution in [0.4, 0.5) is 18.0 Å². The zero-order valence-corrected chi connectivity index (χ0v) is 12.2. The molecule has 22 heavy (non-hydrogen) atoms. The van der Waals surface area contributed by atoms with E-state index in [4.69, 9.17) is 9.84 Å². The van der Waals surface area contributed by atoms with Gasteiger partial charge in [-0.05, 0) is 38.5 Å². The second-order valence-electron chi connectivity index (χ2n) is 5.55. The number of benzene rings is 1. The lowest BCUT2D eigenvalue weighted by Crippen LogP contribution is -2.41. The predicted octanol–water partition coefficient (Wildman–Crippen LogP) is 3.51. The number of carboxylic acid groups (broad SMARTS) is 1. The van der Waals surface area contributed by atoms with E-state index >= 15 is 0 Å². The van der Waals surface area contributed by atoms with Crippen molar-refractivity contribution in [2.24, 2.45) is 0 Å². The fraction of sp³-hybridized carbons (Fsp3) is 0.429. The van der Waals surface area contributed by atoms with Gasteiger partial charge in [0.1, 0.15) is 5.60 Å². The molecule has 0 aliphatic heterocycles. The van der Waals surface area contributed by atoms with Gasteiger partial charge in [-0.15, -0.1) is 0 Å². The molecule has 5 nitrogen and oxygen atoms in total. The maximum Gasteiger partial charge on any atom is 0.412 e. The SMILES string of the molecule is CC(C)(C)OC(=O)NC(c1ccc(C(=O)O)cc1)C(F)(F)F. The number of rotatable bonds is 3. The normalized spacial score (nSPS) is 13.4. The van der Waals surface area contributed by atoms with E-state index in [1.807, 2.05) is 0 Å². The molecule has 1 amide bonds. The van der Waals surface area contributed by atoms with Crippen LogP contribution in [0.3, 0.4) is 0 Å². The first-order valence-electron chi connectivity index (χ1n) is 6.29. The first kappa shape index (κ1) is 17.8. The van der Waals surface area contributed by atoms with Gasteiger partial charge in [0.25, 0.3) is 0 Å². The minimum atomic E-state index is -4.75. The van der Waals surface area contributed by atoms with Crippen LogP contribution < -0.4 is 5.32 Å². The molecule has 0 spiro atoms.